The van der Waals surface area contributed by atoms with Crippen molar-refractivity contribution in [3.8, 4) is 0 Å². The Morgan fingerprint density at radius 3 is 2.22 bits per heavy atom. The van der Waals surface area contributed by atoms with Crippen LogP contribution < -0.4 is 10.6 Å². The number of hydrogen-bond acceptors (Lipinski definition) is 5. The molecule has 0 spiro atoms. The average Bonchev–Trinajstić information content (AvgIpc) is 2.93. The van der Waals surface area contributed by atoms with Crippen LogP contribution in [0.15, 0.2) is 24.3 Å². The van der Waals surface area contributed by atoms with Gasteiger partial charge in [0, 0.05) is 18.5 Å². The lowest BCUT2D eigenvalue weighted by Gasteiger charge is -2.21. The summed E-state index contributed by atoms with van der Waals surface area (Å²) in [6, 6.07) is 6.15. The third-order valence-corrected chi connectivity index (χ3v) is 4.21. The fraction of sp³-hybridized carbons (Fsp3) is 0.474. The Kier molecular flexibility index (Phi) is 6.92. The third kappa shape index (κ3) is 5.54. The highest BCUT2D eigenvalue weighted by Gasteiger charge is 2.28. The van der Waals surface area contributed by atoms with Gasteiger partial charge in [-0.15, -0.1) is 0 Å². The standard InChI is InChI=1S/C19H25N3O5/c1-4-27-19(26)21-17(12(2)3)18(25)20-14-7-5-13(6-8-14)11-22-15(23)9-10-16(22)24/h5-8,12,17H,4,9-11H2,1-3H3,(H,20,25)(H,21,26). The molecular formula is C19H25N3O5. The number of imide groups is 1. The molecule has 1 unspecified atom stereocenters. The topological polar surface area (TPSA) is 105 Å². The minimum absolute atomic E-state index is 0.124. The van der Waals surface area contributed by atoms with Crippen molar-refractivity contribution in [1.82, 2.24) is 10.2 Å². The SMILES string of the molecule is CCOC(=O)NC(C(=O)Nc1ccc(CN2C(=O)CCC2=O)cc1)C(C)C. The molecular weight excluding hydrogens is 350 g/mol. The molecule has 4 amide bonds. The zero-order chi connectivity index (χ0) is 20.0. The molecule has 0 saturated carbocycles. The van der Waals surface area contributed by atoms with E-state index in [2.05, 4.69) is 10.6 Å². The van der Waals surface area contributed by atoms with Crippen LogP contribution in [0.5, 0.6) is 0 Å². The summed E-state index contributed by atoms with van der Waals surface area (Å²) in [5, 5.41) is 5.30. The Morgan fingerprint density at radius 1 is 1.11 bits per heavy atom. The molecule has 1 atom stereocenters. The number of anilines is 1. The van der Waals surface area contributed by atoms with E-state index < -0.39 is 12.1 Å². The van der Waals surface area contributed by atoms with Gasteiger partial charge in [-0.1, -0.05) is 26.0 Å². The van der Waals surface area contributed by atoms with E-state index in [-0.39, 0.29) is 49.6 Å². The molecule has 1 heterocycles. The third-order valence-electron chi connectivity index (χ3n) is 4.21. The van der Waals surface area contributed by atoms with Gasteiger partial charge in [0.1, 0.15) is 6.04 Å². The molecule has 0 aliphatic carbocycles. The maximum atomic E-state index is 12.5. The number of carbonyl (C=O) groups excluding carboxylic acids is 4. The predicted molar refractivity (Wildman–Crippen MR) is 98.6 cm³/mol. The van der Waals surface area contributed by atoms with Crippen molar-refractivity contribution in [3.63, 3.8) is 0 Å². The highest BCUT2D eigenvalue weighted by molar-refractivity contribution is 6.01. The van der Waals surface area contributed by atoms with Crippen LogP contribution in [0.4, 0.5) is 10.5 Å². The van der Waals surface area contributed by atoms with Gasteiger partial charge in [-0.05, 0) is 30.5 Å². The molecule has 27 heavy (non-hydrogen) atoms. The van der Waals surface area contributed by atoms with E-state index in [0.717, 1.165) is 5.56 Å². The second kappa shape index (κ2) is 9.16. The summed E-state index contributed by atoms with van der Waals surface area (Å²) in [4.78, 5) is 48.7. The van der Waals surface area contributed by atoms with Gasteiger partial charge < -0.3 is 15.4 Å². The van der Waals surface area contributed by atoms with Gasteiger partial charge in [0.05, 0.1) is 13.2 Å². The number of alkyl carbamates (subject to hydrolysis) is 1. The second-order valence-corrected chi connectivity index (χ2v) is 6.65. The number of nitrogens with one attached hydrogen (secondary N) is 2. The Labute approximate surface area is 158 Å². The molecule has 0 radical (unpaired) electrons. The molecule has 2 rings (SSSR count). The molecule has 8 heteroatoms. The minimum Gasteiger partial charge on any atom is -0.450 e. The molecule has 146 valence electrons. The quantitative estimate of drug-likeness (QED) is 0.710. The van der Waals surface area contributed by atoms with Gasteiger partial charge in [-0.2, -0.15) is 0 Å². The van der Waals surface area contributed by atoms with E-state index in [1.165, 1.54) is 4.90 Å². The molecule has 2 N–H and O–H groups in total. The molecule has 0 aromatic heterocycles. The van der Waals surface area contributed by atoms with Gasteiger partial charge in [0.2, 0.25) is 17.7 Å². The molecule has 1 aliphatic heterocycles. The Hall–Kier alpha value is -2.90. The van der Waals surface area contributed by atoms with Crippen LogP contribution in [0.3, 0.4) is 0 Å². The summed E-state index contributed by atoms with van der Waals surface area (Å²) in [7, 11) is 0. The van der Waals surface area contributed by atoms with E-state index in [1.807, 2.05) is 13.8 Å². The van der Waals surface area contributed by atoms with Gasteiger partial charge in [0.25, 0.3) is 0 Å². The van der Waals surface area contributed by atoms with E-state index in [9.17, 15) is 19.2 Å². The van der Waals surface area contributed by atoms with Crippen molar-refractivity contribution in [2.45, 2.75) is 46.2 Å². The first kappa shape index (κ1) is 20.4. The molecule has 1 aliphatic rings. The number of hydrogen-bond donors (Lipinski definition) is 2. The molecule has 0 bridgehead atoms. The molecule has 1 aromatic carbocycles. The highest BCUT2D eigenvalue weighted by Crippen LogP contribution is 2.18. The van der Waals surface area contributed by atoms with Crippen LogP contribution in [0, 0.1) is 5.92 Å². The first-order valence-electron chi connectivity index (χ1n) is 8.98. The molecule has 8 nitrogen and oxygen atoms in total. The summed E-state index contributed by atoms with van der Waals surface area (Å²) < 4.78 is 4.83. The van der Waals surface area contributed by atoms with Crippen molar-refractivity contribution >= 4 is 29.5 Å². The lowest BCUT2D eigenvalue weighted by molar-refractivity contribution is -0.139. The van der Waals surface area contributed by atoms with Crippen molar-refractivity contribution in [3.05, 3.63) is 29.8 Å². The number of amides is 4. The maximum absolute atomic E-state index is 12.5. The Balaban J connectivity index is 1.97. The molecule has 1 fully saturated rings. The van der Waals surface area contributed by atoms with Crippen LogP contribution in [0.1, 0.15) is 39.2 Å². The zero-order valence-electron chi connectivity index (χ0n) is 15.8. The Bertz CT molecular complexity index is 699. The lowest BCUT2D eigenvalue weighted by atomic mass is 10.0. The minimum atomic E-state index is -0.733. The fourth-order valence-corrected chi connectivity index (χ4v) is 2.73. The number of rotatable bonds is 7. The summed E-state index contributed by atoms with van der Waals surface area (Å²) >= 11 is 0. The predicted octanol–water partition coefficient (Wildman–Crippen LogP) is 2.04. The Morgan fingerprint density at radius 2 is 1.70 bits per heavy atom. The number of carbonyl (C=O) groups is 4. The molecule has 1 saturated heterocycles. The first-order valence-corrected chi connectivity index (χ1v) is 8.98. The van der Waals surface area contributed by atoms with Crippen LogP contribution >= 0.6 is 0 Å². The smallest absolute Gasteiger partial charge is 0.407 e. The van der Waals surface area contributed by atoms with Gasteiger partial charge in [-0.3, -0.25) is 19.3 Å². The van der Waals surface area contributed by atoms with Crippen molar-refractivity contribution < 1.29 is 23.9 Å². The monoisotopic (exact) mass is 375 g/mol. The van der Waals surface area contributed by atoms with Crippen molar-refractivity contribution in [2.24, 2.45) is 5.92 Å². The number of nitrogens with zero attached hydrogens (tertiary/aromatic N) is 1. The summed E-state index contributed by atoms with van der Waals surface area (Å²) in [6.45, 7) is 5.79. The summed E-state index contributed by atoms with van der Waals surface area (Å²) in [5.74, 6) is -0.805. The fourth-order valence-electron chi connectivity index (χ4n) is 2.73. The lowest BCUT2D eigenvalue weighted by Crippen LogP contribution is -2.47. The summed E-state index contributed by atoms with van der Waals surface area (Å²) in [6.07, 6.45) is -0.115. The van der Waals surface area contributed by atoms with Crippen molar-refractivity contribution in [1.29, 1.82) is 0 Å². The second-order valence-electron chi connectivity index (χ2n) is 6.65. The zero-order valence-corrected chi connectivity index (χ0v) is 15.8. The molecule has 1 aromatic rings. The average molecular weight is 375 g/mol. The first-order chi connectivity index (χ1) is 12.8. The number of likely N-dealkylation sites (tertiary alicyclic amines) is 1. The normalized spacial score (nSPS) is 15.0. The van der Waals surface area contributed by atoms with Crippen molar-refractivity contribution in [2.75, 3.05) is 11.9 Å². The highest BCUT2D eigenvalue weighted by atomic mass is 16.5. The van der Waals surface area contributed by atoms with E-state index in [4.69, 9.17) is 4.74 Å². The van der Waals surface area contributed by atoms with E-state index >= 15 is 0 Å². The van der Waals surface area contributed by atoms with Crippen LogP contribution in [-0.4, -0.2) is 41.4 Å². The van der Waals surface area contributed by atoms with Gasteiger partial charge in [-0.25, -0.2) is 4.79 Å². The van der Waals surface area contributed by atoms with E-state index in [0.29, 0.717) is 5.69 Å². The van der Waals surface area contributed by atoms with Crippen LogP contribution in [-0.2, 0) is 25.7 Å². The van der Waals surface area contributed by atoms with E-state index in [1.54, 1.807) is 31.2 Å². The van der Waals surface area contributed by atoms with Crippen LogP contribution in [0.2, 0.25) is 0 Å². The largest absolute Gasteiger partial charge is 0.450 e. The maximum Gasteiger partial charge on any atom is 0.407 e. The van der Waals surface area contributed by atoms with Gasteiger partial charge >= 0.3 is 6.09 Å². The number of ether oxygens (including phenoxy) is 1. The van der Waals surface area contributed by atoms with Gasteiger partial charge in [0.15, 0.2) is 0 Å². The number of benzene rings is 1. The summed E-state index contributed by atoms with van der Waals surface area (Å²) in [5.41, 5.74) is 1.35. The van der Waals surface area contributed by atoms with Crippen LogP contribution in [0.25, 0.3) is 0 Å².